The third-order valence-electron chi connectivity index (χ3n) is 4.02. The lowest BCUT2D eigenvalue weighted by molar-refractivity contribution is -0.123. The van der Waals surface area contributed by atoms with Gasteiger partial charge in [-0.25, -0.2) is 10.9 Å². The van der Waals surface area contributed by atoms with Crippen molar-refractivity contribution < 1.29 is 4.79 Å². The van der Waals surface area contributed by atoms with Crippen molar-refractivity contribution in [2.75, 3.05) is 11.9 Å². The van der Waals surface area contributed by atoms with E-state index in [1.807, 2.05) is 30.3 Å². The monoisotopic (exact) mass is 359 g/mol. The molecule has 0 aromatic heterocycles. The maximum atomic E-state index is 12.4. The van der Waals surface area contributed by atoms with Crippen LogP contribution in [0.2, 0.25) is 5.02 Å². The van der Waals surface area contributed by atoms with Crippen molar-refractivity contribution in [1.82, 2.24) is 21.7 Å². The van der Waals surface area contributed by atoms with E-state index in [0.29, 0.717) is 11.6 Å². The van der Waals surface area contributed by atoms with E-state index < -0.39 is 6.04 Å². The summed E-state index contributed by atoms with van der Waals surface area (Å²) in [6.45, 7) is 0.638. The summed E-state index contributed by atoms with van der Waals surface area (Å²) < 4.78 is 0. The van der Waals surface area contributed by atoms with E-state index in [0.717, 1.165) is 18.5 Å². The van der Waals surface area contributed by atoms with Crippen LogP contribution in [0.25, 0.3) is 0 Å². The molecular weight excluding hydrogens is 338 g/mol. The van der Waals surface area contributed by atoms with E-state index in [1.54, 1.807) is 12.1 Å². The van der Waals surface area contributed by atoms with Gasteiger partial charge in [0, 0.05) is 17.3 Å². The molecule has 132 valence electrons. The van der Waals surface area contributed by atoms with Gasteiger partial charge in [-0.3, -0.25) is 4.79 Å². The Morgan fingerprint density at radius 3 is 2.56 bits per heavy atom. The summed E-state index contributed by atoms with van der Waals surface area (Å²) in [6.07, 6.45) is 1.58. The minimum Gasteiger partial charge on any atom is -0.367 e. The summed E-state index contributed by atoms with van der Waals surface area (Å²) in [6, 6.07) is 17.2. The molecule has 1 heterocycles. The Bertz CT molecular complexity index is 680. The number of halogens is 1. The first kappa shape index (κ1) is 17.7. The van der Waals surface area contributed by atoms with E-state index in [-0.39, 0.29) is 12.1 Å². The first-order valence-corrected chi connectivity index (χ1v) is 8.70. The second-order valence-electron chi connectivity index (χ2n) is 5.90. The van der Waals surface area contributed by atoms with Crippen molar-refractivity contribution in [3.05, 3.63) is 65.2 Å². The summed E-state index contributed by atoms with van der Waals surface area (Å²) in [4.78, 5) is 12.4. The molecule has 25 heavy (non-hydrogen) atoms. The van der Waals surface area contributed by atoms with Crippen LogP contribution in [0.15, 0.2) is 54.6 Å². The highest BCUT2D eigenvalue weighted by Crippen LogP contribution is 2.15. The van der Waals surface area contributed by atoms with Crippen LogP contribution in [0, 0.1) is 0 Å². The van der Waals surface area contributed by atoms with Crippen LogP contribution >= 0.6 is 11.6 Å². The number of aryl methyl sites for hydroxylation is 1. The van der Waals surface area contributed by atoms with Gasteiger partial charge >= 0.3 is 0 Å². The molecule has 0 spiro atoms. The standard InChI is InChI=1S/C18H22ClN5O/c19-14-8-10-15(11-9-14)21-17-16(22-24-23-17)18(25)20-12-4-7-13-5-2-1-3-6-13/h1-3,5-6,8-11,16-17,21-24H,4,7,12H2,(H,20,25). The molecule has 2 aromatic carbocycles. The fraction of sp³-hybridized carbons (Fsp3) is 0.278. The van der Waals surface area contributed by atoms with Crippen molar-refractivity contribution in [2.45, 2.75) is 25.0 Å². The lowest BCUT2D eigenvalue weighted by Crippen LogP contribution is -2.50. The lowest BCUT2D eigenvalue weighted by Gasteiger charge is -2.20. The highest BCUT2D eigenvalue weighted by molar-refractivity contribution is 6.30. The van der Waals surface area contributed by atoms with Crippen LogP contribution in [0.5, 0.6) is 0 Å². The predicted molar refractivity (Wildman–Crippen MR) is 99.8 cm³/mol. The Hall–Kier alpha value is -2.12. The molecule has 6 nitrogen and oxygen atoms in total. The fourth-order valence-corrected chi connectivity index (χ4v) is 2.81. The zero-order valence-corrected chi connectivity index (χ0v) is 14.5. The molecular formula is C18H22ClN5O. The number of hydrogen-bond acceptors (Lipinski definition) is 5. The van der Waals surface area contributed by atoms with E-state index in [9.17, 15) is 4.79 Å². The quantitative estimate of drug-likeness (QED) is 0.487. The summed E-state index contributed by atoms with van der Waals surface area (Å²) in [7, 11) is 0. The first-order chi connectivity index (χ1) is 12.2. The number of nitrogens with one attached hydrogen (secondary N) is 5. The third kappa shape index (κ3) is 5.17. The van der Waals surface area contributed by atoms with Crippen LogP contribution in [0.4, 0.5) is 5.69 Å². The summed E-state index contributed by atoms with van der Waals surface area (Å²) in [5, 5.41) is 6.91. The van der Waals surface area contributed by atoms with Gasteiger partial charge in [0.1, 0.15) is 12.2 Å². The lowest BCUT2D eigenvalue weighted by atomic mass is 10.1. The molecule has 1 fully saturated rings. The maximum Gasteiger partial charge on any atom is 0.242 e. The molecule has 1 aliphatic rings. The highest BCUT2D eigenvalue weighted by atomic mass is 35.5. The van der Waals surface area contributed by atoms with Gasteiger partial charge in [-0.1, -0.05) is 41.9 Å². The van der Waals surface area contributed by atoms with Gasteiger partial charge in [-0.15, -0.1) is 0 Å². The van der Waals surface area contributed by atoms with Crippen LogP contribution in [-0.2, 0) is 11.2 Å². The molecule has 2 unspecified atom stereocenters. The van der Waals surface area contributed by atoms with Crippen LogP contribution in [0.1, 0.15) is 12.0 Å². The van der Waals surface area contributed by atoms with Crippen molar-refractivity contribution in [2.24, 2.45) is 0 Å². The highest BCUT2D eigenvalue weighted by Gasteiger charge is 2.32. The number of anilines is 1. The first-order valence-electron chi connectivity index (χ1n) is 8.32. The molecule has 2 atom stereocenters. The van der Waals surface area contributed by atoms with E-state index >= 15 is 0 Å². The van der Waals surface area contributed by atoms with Gasteiger partial charge in [0.25, 0.3) is 0 Å². The van der Waals surface area contributed by atoms with Crippen LogP contribution in [0.3, 0.4) is 0 Å². The molecule has 7 heteroatoms. The number of rotatable bonds is 7. The van der Waals surface area contributed by atoms with Gasteiger partial charge in [0.2, 0.25) is 5.91 Å². The Morgan fingerprint density at radius 2 is 1.80 bits per heavy atom. The smallest absolute Gasteiger partial charge is 0.242 e. The Kier molecular flexibility index (Phi) is 6.25. The average molecular weight is 360 g/mol. The molecule has 2 aromatic rings. The van der Waals surface area contributed by atoms with E-state index in [2.05, 4.69) is 39.2 Å². The van der Waals surface area contributed by atoms with Crippen molar-refractivity contribution in [3.63, 3.8) is 0 Å². The molecule has 0 saturated carbocycles. The average Bonchev–Trinajstić information content (AvgIpc) is 3.10. The van der Waals surface area contributed by atoms with Gasteiger partial charge in [-0.05, 0) is 42.7 Å². The molecule has 1 aliphatic heterocycles. The van der Waals surface area contributed by atoms with E-state index in [4.69, 9.17) is 11.6 Å². The van der Waals surface area contributed by atoms with Gasteiger partial charge < -0.3 is 10.6 Å². The van der Waals surface area contributed by atoms with E-state index in [1.165, 1.54) is 5.56 Å². The molecule has 0 radical (unpaired) electrons. The summed E-state index contributed by atoms with van der Waals surface area (Å²) >= 11 is 5.89. The fourth-order valence-electron chi connectivity index (χ4n) is 2.68. The van der Waals surface area contributed by atoms with Crippen molar-refractivity contribution in [3.8, 4) is 0 Å². The zero-order valence-electron chi connectivity index (χ0n) is 13.8. The molecule has 5 N–H and O–H groups in total. The molecule has 0 bridgehead atoms. The number of carbonyl (C=O) groups is 1. The minimum absolute atomic E-state index is 0.0583. The Morgan fingerprint density at radius 1 is 1.04 bits per heavy atom. The molecule has 1 amide bonds. The number of carbonyl (C=O) groups excluding carboxylic acids is 1. The molecule has 0 aliphatic carbocycles. The van der Waals surface area contributed by atoms with Crippen molar-refractivity contribution in [1.29, 1.82) is 0 Å². The number of amides is 1. The van der Waals surface area contributed by atoms with Gasteiger partial charge in [0.05, 0.1) is 0 Å². The number of hydrogen-bond donors (Lipinski definition) is 5. The van der Waals surface area contributed by atoms with Crippen molar-refractivity contribution >= 4 is 23.2 Å². The molecule has 1 saturated heterocycles. The maximum absolute atomic E-state index is 12.4. The van der Waals surface area contributed by atoms with Crippen LogP contribution < -0.4 is 27.0 Å². The zero-order chi connectivity index (χ0) is 17.5. The number of benzene rings is 2. The topological polar surface area (TPSA) is 77.2 Å². The van der Waals surface area contributed by atoms with Gasteiger partial charge in [0.15, 0.2) is 0 Å². The normalized spacial score (nSPS) is 19.6. The minimum atomic E-state index is -0.424. The summed E-state index contributed by atoms with van der Waals surface area (Å²) in [5.74, 6) is -0.0583. The largest absolute Gasteiger partial charge is 0.367 e. The Balaban J connectivity index is 1.44. The second kappa shape index (κ2) is 8.82. The Labute approximate surface area is 152 Å². The second-order valence-corrected chi connectivity index (χ2v) is 6.34. The molecule has 3 rings (SSSR count). The predicted octanol–water partition coefficient (Wildman–Crippen LogP) is 1.81. The summed E-state index contributed by atoms with van der Waals surface area (Å²) in [5.41, 5.74) is 10.9. The van der Waals surface area contributed by atoms with Crippen LogP contribution in [-0.4, -0.2) is 24.7 Å². The SMILES string of the molecule is O=C(NCCCc1ccccc1)C1NNNC1Nc1ccc(Cl)cc1. The van der Waals surface area contributed by atoms with Gasteiger partial charge in [-0.2, -0.15) is 5.53 Å². The number of hydrazine groups is 2. The third-order valence-corrected chi connectivity index (χ3v) is 4.27.